The quantitative estimate of drug-likeness (QED) is 0.612. The summed E-state index contributed by atoms with van der Waals surface area (Å²) in [7, 11) is 1.78. The highest BCUT2D eigenvalue weighted by atomic mass is 16.7. The van der Waals surface area contributed by atoms with Gasteiger partial charge in [0.15, 0.2) is 0 Å². The zero-order chi connectivity index (χ0) is 11.3. The lowest BCUT2D eigenvalue weighted by Gasteiger charge is -2.32. The Morgan fingerprint density at radius 2 is 1.80 bits per heavy atom. The Balaban J connectivity index is 2.10. The van der Waals surface area contributed by atoms with Crippen LogP contribution in [0.15, 0.2) is 5.10 Å². The van der Waals surface area contributed by atoms with Crippen LogP contribution < -0.4 is 0 Å². The predicted molar refractivity (Wildman–Crippen MR) is 60.7 cm³/mol. The van der Waals surface area contributed by atoms with Gasteiger partial charge in [0, 0.05) is 19.7 Å². The van der Waals surface area contributed by atoms with Crippen LogP contribution in [0.1, 0.15) is 34.1 Å². The summed E-state index contributed by atoms with van der Waals surface area (Å²) in [6.45, 7) is 8.29. The van der Waals surface area contributed by atoms with Gasteiger partial charge in [-0.3, -0.25) is 5.01 Å². The first-order chi connectivity index (χ1) is 6.83. The minimum absolute atomic E-state index is 0.178. The van der Waals surface area contributed by atoms with Gasteiger partial charge in [0.05, 0.1) is 17.1 Å². The van der Waals surface area contributed by atoms with Crippen LogP contribution in [0.5, 0.6) is 0 Å². The van der Waals surface area contributed by atoms with E-state index in [0.29, 0.717) is 0 Å². The molecule has 0 aromatic heterocycles. The van der Waals surface area contributed by atoms with Crippen molar-refractivity contribution < 1.29 is 9.31 Å². The molecule has 0 radical (unpaired) electrons. The molecule has 0 aromatic carbocycles. The van der Waals surface area contributed by atoms with Crippen LogP contribution in [-0.2, 0) is 9.31 Å². The van der Waals surface area contributed by atoms with E-state index in [1.54, 1.807) is 0 Å². The maximum atomic E-state index is 5.97. The zero-order valence-corrected chi connectivity index (χ0v) is 10.2. The van der Waals surface area contributed by atoms with Crippen molar-refractivity contribution in [3.8, 4) is 0 Å². The van der Waals surface area contributed by atoms with Crippen molar-refractivity contribution in [2.24, 2.45) is 5.10 Å². The molecular formula is C10H19BN2O2. The Kier molecular flexibility index (Phi) is 2.35. The van der Waals surface area contributed by atoms with Gasteiger partial charge in [-0.2, -0.15) is 5.10 Å². The predicted octanol–water partition coefficient (Wildman–Crippen LogP) is 1.31. The van der Waals surface area contributed by atoms with Crippen molar-refractivity contribution in [3.63, 3.8) is 0 Å². The summed E-state index contributed by atoms with van der Waals surface area (Å²) in [4.78, 5) is 0. The monoisotopic (exact) mass is 210 g/mol. The second-order valence-electron chi connectivity index (χ2n) is 5.30. The van der Waals surface area contributed by atoms with Crippen molar-refractivity contribution in [2.45, 2.75) is 51.3 Å². The van der Waals surface area contributed by atoms with Gasteiger partial charge >= 0.3 is 7.12 Å². The lowest BCUT2D eigenvalue weighted by atomic mass is 9.77. The van der Waals surface area contributed by atoms with Crippen molar-refractivity contribution in [2.75, 3.05) is 7.05 Å². The summed E-state index contributed by atoms with van der Waals surface area (Å²) in [6, 6.07) is 0. The minimum atomic E-state index is -0.249. The molecule has 2 heterocycles. The van der Waals surface area contributed by atoms with E-state index in [1.807, 2.05) is 18.3 Å². The molecule has 0 saturated carbocycles. The van der Waals surface area contributed by atoms with E-state index in [4.69, 9.17) is 9.31 Å². The summed E-state index contributed by atoms with van der Waals surface area (Å²) in [6.07, 6.45) is 2.81. The summed E-state index contributed by atoms with van der Waals surface area (Å²) in [5, 5.41) is 6.12. The molecule has 1 fully saturated rings. The highest BCUT2D eigenvalue weighted by Gasteiger charge is 2.55. The molecule has 0 bridgehead atoms. The Morgan fingerprint density at radius 1 is 1.27 bits per heavy atom. The van der Waals surface area contributed by atoms with Crippen LogP contribution in [0.2, 0.25) is 0 Å². The summed E-state index contributed by atoms with van der Waals surface area (Å²) < 4.78 is 11.9. The second kappa shape index (κ2) is 3.22. The Morgan fingerprint density at radius 3 is 2.20 bits per heavy atom. The average molecular weight is 210 g/mol. The Hall–Kier alpha value is -0.545. The summed E-state index contributed by atoms with van der Waals surface area (Å²) >= 11 is 0. The van der Waals surface area contributed by atoms with E-state index in [9.17, 15) is 0 Å². The summed E-state index contributed by atoms with van der Waals surface area (Å²) in [5.74, 6) is 0.214. The molecule has 0 N–H and O–H groups in total. The van der Waals surface area contributed by atoms with E-state index < -0.39 is 0 Å². The van der Waals surface area contributed by atoms with Crippen LogP contribution in [0.3, 0.4) is 0 Å². The molecule has 0 aromatic rings. The van der Waals surface area contributed by atoms with Crippen LogP contribution in [0.25, 0.3) is 0 Å². The fourth-order valence-corrected chi connectivity index (χ4v) is 1.86. The number of hydrogen-bond donors (Lipinski definition) is 0. The Bertz CT molecular complexity index is 275. The van der Waals surface area contributed by atoms with Gasteiger partial charge in [-0.25, -0.2) is 0 Å². The minimum Gasteiger partial charge on any atom is -0.402 e. The van der Waals surface area contributed by atoms with E-state index in [0.717, 1.165) is 6.42 Å². The third-order valence-corrected chi connectivity index (χ3v) is 3.68. The molecular weight excluding hydrogens is 191 g/mol. The highest BCUT2D eigenvalue weighted by Crippen LogP contribution is 2.38. The van der Waals surface area contributed by atoms with E-state index >= 15 is 0 Å². The fourth-order valence-electron chi connectivity index (χ4n) is 1.86. The maximum absolute atomic E-state index is 5.97. The molecule has 0 aliphatic carbocycles. The molecule has 84 valence electrons. The first kappa shape index (κ1) is 11.0. The number of hydrogen-bond acceptors (Lipinski definition) is 4. The van der Waals surface area contributed by atoms with E-state index in [2.05, 4.69) is 32.8 Å². The van der Waals surface area contributed by atoms with Crippen molar-refractivity contribution in [3.05, 3.63) is 0 Å². The first-order valence-corrected chi connectivity index (χ1v) is 5.44. The molecule has 0 amide bonds. The molecule has 15 heavy (non-hydrogen) atoms. The van der Waals surface area contributed by atoms with E-state index in [1.165, 1.54) is 0 Å². The van der Waals surface area contributed by atoms with Gasteiger partial charge in [-0.05, 0) is 27.7 Å². The maximum Gasteiger partial charge on any atom is 0.484 e. The van der Waals surface area contributed by atoms with Crippen LogP contribution >= 0.6 is 0 Å². The van der Waals surface area contributed by atoms with Crippen LogP contribution in [-0.4, -0.2) is 42.5 Å². The third-order valence-electron chi connectivity index (χ3n) is 3.68. The zero-order valence-electron chi connectivity index (χ0n) is 10.2. The Labute approximate surface area is 91.8 Å². The lowest BCUT2D eigenvalue weighted by molar-refractivity contribution is 0.00578. The lowest BCUT2D eigenvalue weighted by Crippen LogP contribution is -2.41. The van der Waals surface area contributed by atoms with Crippen LogP contribution in [0, 0.1) is 0 Å². The van der Waals surface area contributed by atoms with Gasteiger partial charge in [-0.1, -0.05) is 0 Å². The topological polar surface area (TPSA) is 34.1 Å². The third kappa shape index (κ3) is 1.68. The molecule has 4 nitrogen and oxygen atoms in total. The van der Waals surface area contributed by atoms with Gasteiger partial charge in [0.2, 0.25) is 0 Å². The molecule has 2 aliphatic rings. The van der Waals surface area contributed by atoms with Crippen molar-refractivity contribution in [1.29, 1.82) is 0 Å². The highest BCUT2D eigenvalue weighted by molar-refractivity contribution is 6.48. The fraction of sp³-hybridized carbons (Fsp3) is 0.900. The van der Waals surface area contributed by atoms with E-state index in [-0.39, 0.29) is 24.3 Å². The van der Waals surface area contributed by atoms with Crippen molar-refractivity contribution >= 4 is 13.3 Å². The molecule has 0 spiro atoms. The summed E-state index contributed by atoms with van der Waals surface area (Å²) in [5.41, 5.74) is -0.498. The smallest absolute Gasteiger partial charge is 0.402 e. The molecule has 2 aliphatic heterocycles. The second-order valence-corrected chi connectivity index (χ2v) is 5.30. The first-order valence-electron chi connectivity index (χ1n) is 5.44. The van der Waals surface area contributed by atoms with Crippen LogP contribution in [0.4, 0.5) is 0 Å². The SMILES string of the molecule is CN1N=CCC1B1OC(C)(C)C(C)(C)O1. The van der Waals surface area contributed by atoms with Gasteiger partial charge < -0.3 is 9.31 Å². The van der Waals surface area contributed by atoms with Gasteiger partial charge in [0.25, 0.3) is 0 Å². The largest absolute Gasteiger partial charge is 0.484 e. The number of hydrazone groups is 1. The molecule has 1 saturated heterocycles. The number of rotatable bonds is 1. The van der Waals surface area contributed by atoms with Gasteiger partial charge in [0.1, 0.15) is 0 Å². The van der Waals surface area contributed by atoms with Gasteiger partial charge in [-0.15, -0.1) is 0 Å². The number of nitrogens with zero attached hydrogens (tertiary/aromatic N) is 2. The molecule has 1 unspecified atom stereocenters. The molecule has 5 heteroatoms. The standard InChI is InChI=1S/C10H19BN2O2/c1-9(2)10(3,4)15-11(14-9)8-6-7-12-13(8)5/h7-8H,6H2,1-5H3. The molecule has 2 rings (SSSR count). The normalized spacial score (nSPS) is 32.7. The molecule has 1 atom stereocenters. The average Bonchev–Trinajstić information content (AvgIpc) is 2.55. The van der Waals surface area contributed by atoms with Crippen molar-refractivity contribution in [1.82, 2.24) is 5.01 Å².